The Morgan fingerprint density at radius 2 is 1.79 bits per heavy atom. The Bertz CT molecular complexity index is 832. The number of aromatic nitrogens is 1. The van der Waals surface area contributed by atoms with Gasteiger partial charge in [0.05, 0.1) is 15.7 Å². The maximum absolute atomic E-state index is 12.7. The number of hydrogen-bond donors (Lipinski definition) is 0. The summed E-state index contributed by atoms with van der Waals surface area (Å²) in [6.45, 7) is 0.865. The van der Waals surface area contributed by atoms with Crippen molar-refractivity contribution in [1.29, 1.82) is 0 Å². The summed E-state index contributed by atoms with van der Waals surface area (Å²) in [6.07, 6.45) is 4.05. The molecule has 1 aromatic heterocycles. The molecule has 3 rings (SSSR count). The lowest BCUT2D eigenvalue weighted by Gasteiger charge is -2.31. The van der Waals surface area contributed by atoms with Crippen LogP contribution in [0.3, 0.4) is 0 Å². The van der Waals surface area contributed by atoms with E-state index in [0.29, 0.717) is 36.4 Å². The van der Waals surface area contributed by atoms with E-state index >= 15 is 0 Å². The zero-order valence-electron chi connectivity index (χ0n) is 12.9. The summed E-state index contributed by atoms with van der Waals surface area (Å²) >= 11 is 3.30. The average Bonchev–Trinajstić information content (AvgIpc) is 2.62. The van der Waals surface area contributed by atoms with Crippen LogP contribution in [0.5, 0.6) is 0 Å². The summed E-state index contributed by atoms with van der Waals surface area (Å²) in [6, 6.07) is 10.2. The molecule has 0 bridgehead atoms. The lowest BCUT2D eigenvalue weighted by molar-refractivity contribution is 0.0725. The van der Waals surface area contributed by atoms with Gasteiger partial charge in [0, 0.05) is 30.0 Å². The second kappa shape index (κ2) is 7.03. The minimum atomic E-state index is -3.34. The van der Waals surface area contributed by atoms with E-state index in [1.807, 2.05) is 0 Å². The first-order valence-electron chi connectivity index (χ1n) is 7.67. The number of sulfone groups is 1. The number of benzene rings is 1. The first-order valence-corrected chi connectivity index (χ1v) is 10.0. The maximum atomic E-state index is 12.7. The molecular formula is C17H17BrN2O3S. The summed E-state index contributed by atoms with van der Waals surface area (Å²) in [5.74, 6) is -0.112. The van der Waals surface area contributed by atoms with Gasteiger partial charge in [0.2, 0.25) is 0 Å². The standard InChI is InChI=1S/C17H17BrN2O3S/c18-14-10-13(11-19-12-14)17(21)20-8-6-16(7-9-20)24(22,23)15-4-2-1-3-5-15/h1-5,10-12,16H,6-9H2. The third-order valence-corrected chi connectivity index (χ3v) is 6.90. The van der Waals surface area contributed by atoms with Gasteiger partial charge in [-0.2, -0.15) is 0 Å². The molecule has 0 saturated carbocycles. The molecule has 0 atom stereocenters. The smallest absolute Gasteiger partial charge is 0.255 e. The van der Waals surface area contributed by atoms with Crippen LogP contribution in [0.15, 0.2) is 58.2 Å². The number of likely N-dealkylation sites (tertiary alicyclic amines) is 1. The molecule has 1 aliphatic rings. The number of piperidine rings is 1. The predicted octanol–water partition coefficient (Wildman–Crippen LogP) is 2.92. The van der Waals surface area contributed by atoms with Crippen molar-refractivity contribution < 1.29 is 13.2 Å². The molecule has 1 saturated heterocycles. The van der Waals surface area contributed by atoms with Crippen LogP contribution >= 0.6 is 15.9 Å². The van der Waals surface area contributed by atoms with Gasteiger partial charge in [-0.25, -0.2) is 8.42 Å². The Balaban J connectivity index is 1.69. The Morgan fingerprint density at radius 3 is 2.42 bits per heavy atom. The van der Waals surface area contributed by atoms with Gasteiger partial charge in [-0.3, -0.25) is 9.78 Å². The molecular weight excluding hydrogens is 392 g/mol. The van der Waals surface area contributed by atoms with E-state index in [-0.39, 0.29) is 5.91 Å². The van der Waals surface area contributed by atoms with Gasteiger partial charge in [0.15, 0.2) is 9.84 Å². The van der Waals surface area contributed by atoms with Crippen molar-refractivity contribution in [1.82, 2.24) is 9.88 Å². The molecule has 1 amide bonds. The maximum Gasteiger partial charge on any atom is 0.255 e. The fraction of sp³-hybridized carbons (Fsp3) is 0.294. The van der Waals surface area contributed by atoms with Crippen LogP contribution in [0.4, 0.5) is 0 Å². The van der Waals surface area contributed by atoms with Crippen LogP contribution in [0.25, 0.3) is 0 Å². The molecule has 2 aromatic rings. The van der Waals surface area contributed by atoms with E-state index in [1.54, 1.807) is 47.5 Å². The van der Waals surface area contributed by atoms with Gasteiger partial charge in [-0.1, -0.05) is 18.2 Å². The second-order valence-corrected chi connectivity index (χ2v) is 8.89. The average molecular weight is 409 g/mol. The fourth-order valence-corrected chi connectivity index (χ4v) is 5.00. The molecule has 1 fully saturated rings. The van der Waals surface area contributed by atoms with Crippen molar-refractivity contribution in [3.63, 3.8) is 0 Å². The summed E-state index contributed by atoms with van der Waals surface area (Å²) < 4.78 is 26.1. The molecule has 0 aliphatic carbocycles. The van der Waals surface area contributed by atoms with Gasteiger partial charge in [0.1, 0.15) is 0 Å². The topological polar surface area (TPSA) is 67.3 Å². The van der Waals surface area contributed by atoms with Crippen molar-refractivity contribution in [3.8, 4) is 0 Å². The number of rotatable bonds is 3. The Labute approximate surface area is 149 Å². The van der Waals surface area contributed by atoms with Gasteiger partial charge in [-0.05, 0) is 47.0 Å². The molecule has 0 spiro atoms. The molecule has 0 N–H and O–H groups in total. The third kappa shape index (κ3) is 3.52. The third-order valence-electron chi connectivity index (χ3n) is 4.19. The van der Waals surface area contributed by atoms with E-state index < -0.39 is 15.1 Å². The van der Waals surface area contributed by atoms with Crippen LogP contribution in [0, 0.1) is 0 Å². The van der Waals surface area contributed by atoms with Crippen LogP contribution < -0.4 is 0 Å². The highest BCUT2D eigenvalue weighted by Gasteiger charge is 2.32. The van der Waals surface area contributed by atoms with Crippen molar-refractivity contribution in [2.45, 2.75) is 23.0 Å². The van der Waals surface area contributed by atoms with Crippen LogP contribution in [0.2, 0.25) is 0 Å². The Hall–Kier alpha value is -1.73. The van der Waals surface area contributed by atoms with E-state index in [0.717, 1.165) is 4.47 Å². The lowest BCUT2D eigenvalue weighted by atomic mass is 10.1. The van der Waals surface area contributed by atoms with Crippen molar-refractivity contribution >= 4 is 31.7 Å². The fourth-order valence-electron chi connectivity index (χ4n) is 2.88. The van der Waals surface area contributed by atoms with Gasteiger partial charge >= 0.3 is 0 Å². The molecule has 5 nitrogen and oxygen atoms in total. The van der Waals surface area contributed by atoms with Crippen LogP contribution in [-0.2, 0) is 9.84 Å². The molecule has 0 radical (unpaired) electrons. The number of carbonyl (C=O) groups is 1. The Morgan fingerprint density at radius 1 is 1.12 bits per heavy atom. The minimum Gasteiger partial charge on any atom is -0.339 e. The monoisotopic (exact) mass is 408 g/mol. The first-order chi connectivity index (χ1) is 11.5. The molecule has 126 valence electrons. The molecule has 1 aliphatic heterocycles. The first kappa shape index (κ1) is 17.1. The molecule has 24 heavy (non-hydrogen) atoms. The second-order valence-electron chi connectivity index (χ2n) is 5.74. The Kier molecular flexibility index (Phi) is 5.01. The van der Waals surface area contributed by atoms with E-state index in [9.17, 15) is 13.2 Å². The minimum absolute atomic E-state index is 0.112. The zero-order chi connectivity index (χ0) is 17.2. The SMILES string of the molecule is O=C(c1cncc(Br)c1)N1CCC(S(=O)(=O)c2ccccc2)CC1. The summed E-state index contributed by atoms with van der Waals surface area (Å²) in [4.78, 5) is 18.5. The highest BCUT2D eigenvalue weighted by Crippen LogP contribution is 2.25. The number of hydrogen-bond acceptors (Lipinski definition) is 4. The highest BCUT2D eigenvalue weighted by atomic mass is 79.9. The molecule has 1 aromatic carbocycles. The zero-order valence-corrected chi connectivity index (χ0v) is 15.3. The quantitative estimate of drug-likeness (QED) is 0.782. The number of halogens is 1. The van der Waals surface area contributed by atoms with Crippen molar-refractivity contribution in [2.24, 2.45) is 0 Å². The van der Waals surface area contributed by atoms with E-state index in [4.69, 9.17) is 0 Å². The summed E-state index contributed by atoms with van der Waals surface area (Å²) in [5.41, 5.74) is 0.508. The summed E-state index contributed by atoms with van der Waals surface area (Å²) in [5, 5.41) is -0.440. The number of amides is 1. The number of carbonyl (C=O) groups excluding carboxylic acids is 1. The summed E-state index contributed by atoms with van der Waals surface area (Å²) in [7, 11) is -3.34. The molecule has 7 heteroatoms. The largest absolute Gasteiger partial charge is 0.339 e. The van der Waals surface area contributed by atoms with Gasteiger partial charge in [-0.15, -0.1) is 0 Å². The van der Waals surface area contributed by atoms with Crippen LogP contribution in [-0.4, -0.2) is 42.5 Å². The lowest BCUT2D eigenvalue weighted by Crippen LogP contribution is -2.42. The highest BCUT2D eigenvalue weighted by molar-refractivity contribution is 9.10. The normalized spacial score (nSPS) is 16.1. The molecule has 2 heterocycles. The number of nitrogens with zero attached hydrogens (tertiary/aromatic N) is 2. The molecule has 0 unspecified atom stereocenters. The predicted molar refractivity (Wildman–Crippen MR) is 94.5 cm³/mol. The van der Waals surface area contributed by atoms with Gasteiger partial charge < -0.3 is 4.90 Å². The van der Waals surface area contributed by atoms with E-state index in [2.05, 4.69) is 20.9 Å². The van der Waals surface area contributed by atoms with Crippen LogP contribution in [0.1, 0.15) is 23.2 Å². The number of pyridine rings is 1. The van der Waals surface area contributed by atoms with Gasteiger partial charge in [0.25, 0.3) is 5.91 Å². The van der Waals surface area contributed by atoms with Crippen molar-refractivity contribution in [3.05, 3.63) is 58.8 Å². The van der Waals surface area contributed by atoms with Crippen molar-refractivity contribution in [2.75, 3.05) is 13.1 Å². The van der Waals surface area contributed by atoms with E-state index in [1.165, 1.54) is 6.20 Å².